The number of rotatable bonds is 4. The van der Waals surface area contributed by atoms with E-state index in [-0.39, 0.29) is 11.7 Å². The highest BCUT2D eigenvalue weighted by atomic mass is 35.5. The van der Waals surface area contributed by atoms with Crippen molar-refractivity contribution in [3.05, 3.63) is 64.7 Å². The minimum atomic E-state index is 0.0733. The fourth-order valence-corrected chi connectivity index (χ4v) is 3.14. The van der Waals surface area contributed by atoms with Crippen LogP contribution in [0.5, 0.6) is 0 Å². The molecule has 0 N–H and O–H groups in total. The Kier molecular flexibility index (Phi) is 5.39. The highest BCUT2D eigenvalue weighted by Gasteiger charge is 2.21. The third-order valence-electron chi connectivity index (χ3n) is 4.54. The summed E-state index contributed by atoms with van der Waals surface area (Å²) < 4.78 is 0. The van der Waals surface area contributed by atoms with Crippen molar-refractivity contribution >= 4 is 29.0 Å². The van der Waals surface area contributed by atoms with E-state index in [0.29, 0.717) is 24.5 Å². The fourth-order valence-electron chi connectivity index (χ4n) is 3.01. The average molecular weight is 357 g/mol. The Balaban J connectivity index is 1.55. The number of carbonyl (C=O) groups excluding carboxylic acids is 2. The molecule has 2 aromatic carbocycles. The molecule has 1 heterocycles. The van der Waals surface area contributed by atoms with E-state index in [4.69, 9.17) is 11.6 Å². The van der Waals surface area contributed by atoms with Crippen molar-refractivity contribution in [2.45, 2.75) is 13.3 Å². The van der Waals surface area contributed by atoms with Crippen LogP contribution in [-0.4, -0.2) is 42.8 Å². The minimum Gasteiger partial charge on any atom is -0.368 e. The molecule has 5 heteroatoms. The van der Waals surface area contributed by atoms with Crippen LogP contribution in [0.1, 0.15) is 22.8 Å². The fraction of sp³-hybridized carbons (Fsp3) is 0.300. The maximum atomic E-state index is 12.5. The van der Waals surface area contributed by atoms with Crippen LogP contribution < -0.4 is 4.90 Å². The topological polar surface area (TPSA) is 40.6 Å². The van der Waals surface area contributed by atoms with Gasteiger partial charge in [0.05, 0.1) is 6.42 Å². The van der Waals surface area contributed by atoms with E-state index in [2.05, 4.69) is 4.90 Å². The van der Waals surface area contributed by atoms with E-state index >= 15 is 0 Å². The second-order valence-corrected chi connectivity index (χ2v) is 6.71. The Hall–Kier alpha value is -2.33. The predicted molar refractivity (Wildman–Crippen MR) is 100 cm³/mol. The van der Waals surface area contributed by atoms with Gasteiger partial charge in [-0.3, -0.25) is 9.59 Å². The maximum absolute atomic E-state index is 12.5. The van der Waals surface area contributed by atoms with Crippen LogP contribution >= 0.6 is 11.6 Å². The quantitative estimate of drug-likeness (QED) is 0.788. The van der Waals surface area contributed by atoms with Crippen LogP contribution in [0.4, 0.5) is 5.69 Å². The second-order valence-electron chi connectivity index (χ2n) is 6.27. The first-order valence-corrected chi connectivity index (χ1v) is 8.79. The molecule has 1 fully saturated rings. The van der Waals surface area contributed by atoms with Crippen LogP contribution in [0.3, 0.4) is 0 Å². The van der Waals surface area contributed by atoms with Crippen molar-refractivity contribution in [1.82, 2.24) is 4.90 Å². The number of hydrogen-bond acceptors (Lipinski definition) is 3. The SMILES string of the molecule is CC(=O)c1ccc(N2CCN(C(=O)Cc3ccc(Cl)cc3)CC2)cc1. The number of hydrogen-bond donors (Lipinski definition) is 0. The summed E-state index contributed by atoms with van der Waals surface area (Å²) in [6, 6.07) is 15.1. The summed E-state index contributed by atoms with van der Waals surface area (Å²) in [6.07, 6.45) is 0.407. The molecule has 0 radical (unpaired) electrons. The molecule has 25 heavy (non-hydrogen) atoms. The van der Waals surface area contributed by atoms with Gasteiger partial charge >= 0.3 is 0 Å². The van der Waals surface area contributed by atoms with Crippen molar-refractivity contribution in [2.24, 2.45) is 0 Å². The summed E-state index contributed by atoms with van der Waals surface area (Å²) >= 11 is 5.88. The molecule has 0 atom stereocenters. The number of Topliss-reactive ketones (excluding diaryl/α,β-unsaturated/α-hetero) is 1. The Morgan fingerprint density at radius 3 is 2.08 bits per heavy atom. The molecule has 0 bridgehead atoms. The molecule has 0 saturated carbocycles. The molecule has 0 aromatic heterocycles. The summed E-state index contributed by atoms with van der Waals surface area (Å²) in [6.45, 7) is 4.58. The third kappa shape index (κ3) is 4.40. The summed E-state index contributed by atoms with van der Waals surface area (Å²) in [5.74, 6) is 0.220. The van der Waals surface area contributed by atoms with Gasteiger partial charge < -0.3 is 9.80 Å². The first-order chi connectivity index (χ1) is 12.0. The van der Waals surface area contributed by atoms with Crippen molar-refractivity contribution in [3.63, 3.8) is 0 Å². The second kappa shape index (κ2) is 7.70. The maximum Gasteiger partial charge on any atom is 0.227 e. The number of piperazine rings is 1. The standard InChI is InChI=1S/C20H21ClN2O2/c1-15(24)17-4-8-19(9-5-17)22-10-12-23(13-11-22)20(25)14-16-2-6-18(21)7-3-16/h2-9H,10-14H2,1H3. The number of carbonyl (C=O) groups is 2. The highest BCUT2D eigenvalue weighted by molar-refractivity contribution is 6.30. The zero-order chi connectivity index (χ0) is 17.8. The van der Waals surface area contributed by atoms with Crippen LogP contribution in [0, 0.1) is 0 Å². The molecule has 1 aliphatic rings. The van der Waals surface area contributed by atoms with Gasteiger partial charge in [-0.05, 0) is 48.9 Å². The molecular weight excluding hydrogens is 336 g/mol. The molecular formula is C20H21ClN2O2. The molecule has 0 spiro atoms. The van der Waals surface area contributed by atoms with E-state index in [1.807, 2.05) is 53.4 Å². The van der Waals surface area contributed by atoms with Gasteiger partial charge in [-0.15, -0.1) is 0 Å². The van der Waals surface area contributed by atoms with Crippen LogP contribution in [0.25, 0.3) is 0 Å². The number of benzene rings is 2. The number of amides is 1. The van der Waals surface area contributed by atoms with Crippen LogP contribution in [0.15, 0.2) is 48.5 Å². The highest BCUT2D eigenvalue weighted by Crippen LogP contribution is 2.18. The van der Waals surface area contributed by atoms with Crippen molar-refractivity contribution < 1.29 is 9.59 Å². The summed E-state index contributed by atoms with van der Waals surface area (Å²) in [5, 5.41) is 0.681. The first kappa shape index (κ1) is 17.5. The lowest BCUT2D eigenvalue weighted by Gasteiger charge is -2.36. The van der Waals surface area contributed by atoms with E-state index in [1.165, 1.54) is 0 Å². The lowest BCUT2D eigenvalue weighted by molar-refractivity contribution is -0.130. The average Bonchev–Trinajstić information content (AvgIpc) is 2.64. The number of nitrogens with zero attached hydrogens (tertiary/aromatic N) is 2. The molecule has 0 aliphatic carbocycles. The number of anilines is 1. The van der Waals surface area contributed by atoms with Crippen molar-refractivity contribution in [1.29, 1.82) is 0 Å². The summed E-state index contributed by atoms with van der Waals surface area (Å²) in [7, 11) is 0. The molecule has 130 valence electrons. The molecule has 0 unspecified atom stereocenters. The number of halogens is 1. The smallest absolute Gasteiger partial charge is 0.227 e. The predicted octanol–water partition coefficient (Wildman–Crippen LogP) is 3.43. The minimum absolute atomic E-state index is 0.0733. The van der Waals surface area contributed by atoms with E-state index < -0.39 is 0 Å². The van der Waals surface area contributed by atoms with E-state index in [9.17, 15) is 9.59 Å². The summed E-state index contributed by atoms with van der Waals surface area (Å²) in [4.78, 5) is 28.0. The van der Waals surface area contributed by atoms with Gasteiger partial charge in [0.15, 0.2) is 5.78 Å². The van der Waals surface area contributed by atoms with Gasteiger partial charge in [0.1, 0.15) is 0 Å². The van der Waals surface area contributed by atoms with E-state index in [1.54, 1.807) is 6.92 Å². The Morgan fingerprint density at radius 1 is 0.920 bits per heavy atom. The van der Waals surface area contributed by atoms with Crippen LogP contribution in [-0.2, 0) is 11.2 Å². The van der Waals surface area contributed by atoms with Gasteiger partial charge in [-0.1, -0.05) is 23.7 Å². The van der Waals surface area contributed by atoms with Gasteiger partial charge in [0.2, 0.25) is 5.91 Å². The first-order valence-electron chi connectivity index (χ1n) is 8.41. The molecule has 1 amide bonds. The van der Waals surface area contributed by atoms with E-state index in [0.717, 1.165) is 29.9 Å². The zero-order valence-electron chi connectivity index (χ0n) is 14.2. The third-order valence-corrected chi connectivity index (χ3v) is 4.79. The van der Waals surface area contributed by atoms with Crippen LogP contribution in [0.2, 0.25) is 5.02 Å². The molecule has 2 aromatic rings. The summed E-state index contributed by atoms with van der Waals surface area (Å²) in [5.41, 5.74) is 2.80. The number of ketones is 1. The van der Waals surface area contributed by atoms with Gasteiger partial charge in [-0.25, -0.2) is 0 Å². The largest absolute Gasteiger partial charge is 0.368 e. The Labute approximate surface area is 153 Å². The lowest BCUT2D eigenvalue weighted by atomic mass is 10.1. The van der Waals surface area contributed by atoms with Crippen molar-refractivity contribution in [2.75, 3.05) is 31.1 Å². The van der Waals surface area contributed by atoms with Gasteiger partial charge in [0.25, 0.3) is 0 Å². The Morgan fingerprint density at radius 2 is 1.52 bits per heavy atom. The molecule has 1 saturated heterocycles. The van der Waals surface area contributed by atoms with Crippen molar-refractivity contribution in [3.8, 4) is 0 Å². The lowest BCUT2D eigenvalue weighted by Crippen LogP contribution is -2.49. The molecule has 3 rings (SSSR count). The Bertz CT molecular complexity index is 748. The van der Waals surface area contributed by atoms with Gasteiger partial charge in [-0.2, -0.15) is 0 Å². The molecule has 4 nitrogen and oxygen atoms in total. The van der Waals surface area contributed by atoms with Gasteiger partial charge in [0, 0.05) is 42.5 Å². The molecule has 1 aliphatic heterocycles. The zero-order valence-corrected chi connectivity index (χ0v) is 15.0. The normalized spacial score (nSPS) is 14.5. The monoisotopic (exact) mass is 356 g/mol.